The van der Waals surface area contributed by atoms with Gasteiger partial charge in [0.2, 0.25) is 0 Å². The molecule has 0 saturated carbocycles. The van der Waals surface area contributed by atoms with Crippen LogP contribution in [-0.2, 0) is 55.1 Å². The molecule has 0 aliphatic carbocycles. The van der Waals surface area contributed by atoms with Crippen LogP contribution in [0.1, 0.15) is 79.4 Å². The van der Waals surface area contributed by atoms with Crippen LogP contribution in [0.4, 0.5) is 4.79 Å². The summed E-state index contributed by atoms with van der Waals surface area (Å²) in [6.07, 6.45) is -1.60. The first-order valence-corrected chi connectivity index (χ1v) is 27.7. The number of rotatable bonds is 31. The SMILES string of the molecule is C=CC(C)(C)[C@H](OCc1ccc(OC)cc1)[C@H](O[Si](CC)(CC)CC)[C@@H](C[C@H](C[C@@H](OC)[C@H](OCOC)C(=O)N1C(=O)OC[C@@H]1Cc1ccccc1)O[Si](CC)(CC)CC)OC. The maximum absolute atomic E-state index is 14.7. The summed E-state index contributed by atoms with van der Waals surface area (Å²) in [5, 5.41) is 0. The van der Waals surface area contributed by atoms with E-state index in [1.807, 2.05) is 60.7 Å². The monoisotopic (exact) mass is 902 g/mol. The molecule has 1 heterocycles. The molecule has 0 spiro atoms. The van der Waals surface area contributed by atoms with Gasteiger partial charge in [0.1, 0.15) is 19.1 Å². The molecule has 1 aliphatic heterocycles. The largest absolute Gasteiger partial charge is 0.497 e. The molecule has 7 atom stereocenters. The second-order valence-electron chi connectivity index (χ2n) is 17.1. The lowest BCUT2D eigenvalue weighted by atomic mass is 9.81. The van der Waals surface area contributed by atoms with Crippen LogP contribution in [-0.4, -0.2) is 118 Å². The number of cyclic esters (lactones) is 1. The molecular formula is C48H79NO11Si2. The lowest BCUT2D eigenvalue weighted by molar-refractivity contribution is -0.168. The highest BCUT2D eigenvalue weighted by Crippen LogP contribution is 2.38. The summed E-state index contributed by atoms with van der Waals surface area (Å²) >= 11 is 0. The molecule has 0 radical (unpaired) electrons. The third-order valence-corrected chi connectivity index (χ3v) is 22.6. The highest BCUT2D eigenvalue weighted by Gasteiger charge is 2.48. The summed E-state index contributed by atoms with van der Waals surface area (Å²) in [6, 6.07) is 22.6. The van der Waals surface area contributed by atoms with Crippen molar-refractivity contribution in [2.24, 2.45) is 5.41 Å². The number of carbonyl (C=O) groups excluding carboxylic acids is 2. The van der Waals surface area contributed by atoms with Crippen molar-refractivity contribution in [3.05, 3.63) is 78.4 Å². The lowest BCUT2D eigenvalue weighted by Gasteiger charge is -2.46. The molecule has 1 fully saturated rings. The van der Waals surface area contributed by atoms with Crippen LogP contribution >= 0.6 is 0 Å². The van der Waals surface area contributed by atoms with Crippen molar-refractivity contribution in [3.8, 4) is 5.75 Å². The molecule has 1 aliphatic rings. The number of methoxy groups -OCH3 is 4. The van der Waals surface area contributed by atoms with Gasteiger partial charge in [0.15, 0.2) is 22.7 Å². The van der Waals surface area contributed by atoms with Crippen molar-refractivity contribution in [2.45, 2.75) is 160 Å². The normalized spacial score (nSPS) is 17.8. The molecule has 350 valence electrons. The van der Waals surface area contributed by atoms with Crippen molar-refractivity contribution in [3.63, 3.8) is 0 Å². The third-order valence-electron chi connectivity index (χ3n) is 13.2. The van der Waals surface area contributed by atoms with Crippen LogP contribution in [0.2, 0.25) is 36.3 Å². The molecule has 12 nitrogen and oxygen atoms in total. The Morgan fingerprint density at radius 3 is 1.89 bits per heavy atom. The van der Waals surface area contributed by atoms with Gasteiger partial charge in [-0.3, -0.25) is 4.79 Å². The van der Waals surface area contributed by atoms with Crippen molar-refractivity contribution in [1.29, 1.82) is 0 Å². The van der Waals surface area contributed by atoms with Gasteiger partial charge in [0.05, 0.1) is 50.3 Å². The van der Waals surface area contributed by atoms with Gasteiger partial charge in [-0.1, -0.05) is 104 Å². The Hall–Kier alpha value is -2.93. The van der Waals surface area contributed by atoms with Gasteiger partial charge >= 0.3 is 6.09 Å². The van der Waals surface area contributed by atoms with Crippen molar-refractivity contribution < 1.29 is 51.6 Å². The fourth-order valence-corrected chi connectivity index (χ4v) is 14.3. The molecular weight excluding hydrogens is 823 g/mol. The van der Waals surface area contributed by atoms with E-state index in [1.165, 1.54) is 12.0 Å². The Labute approximate surface area is 375 Å². The first kappa shape index (κ1) is 53.4. The average Bonchev–Trinajstić information content (AvgIpc) is 3.67. The van der Waals surface area contributed by atoms with Crippen molar-refractivity contribution in [2.75, 3.05) is 41.8 Å². The number of hydrogen-bond donors (Lipinski definition) is 0. The van der Waals surface area contributed by atoms with Gasteiger partial charge in [-0.2, -0.15) is 0 Å². The van der Waals surface area contributed by atoms with Gasteiger partial charge in [-0.15, -0.1) is 6.58 Å². The molecule has 0 aromatic heterocycles. The summed E-state index contributed by atoms with van der Waals surface area (Å²) in [7, 11) is 1.85. The van der Waals surface area contributed by atoms with Gasteiger partial charge in [0, 0.05) is 39.6 Å². The van der Waals surface area contributed by atoms with E-state index in [-0.39, 0.29) is 19.8 Å². The number of carbonyl (C=O) groups is 2. The minimum Gasteiger partial charge on any atom is -0.497 e. The Balaban J connectivity index is 2.13. The first-order valence-electron chi connectivity index (χ1n) is 22.7. The van der Waals surface area contributed by atoms with Crippen LogP contribution in [0.15, 0.2) is 67.3 Å². The highest BCUT2D eigenvalue weighted by molar-refractivity contribution is 6.74. The molecule has 0 N–H and O–H groups in total. The van der Waals surface area contributed by atoms with Gasteiger partial charge in [-0.05, 0) is 65.9 Å². The summed E-state index contributed by atoms with van der Waals surface area (Å²) in [6.45, 7) is 22.0. The minimum absolute atomic E-state index is 0.0786. The molecule has 62 heavy (non-hydrogen) atoms. The van der Waals surface area contributed by atoms with Crippen LogP contribution in [0.5, 0.6) is 5.75 Å². The zero-order valence-corrected chi connectivity index (χ0v) is 41.9. The van der Waals surface area contributed by atoms with Crippen LogP contribution in [0, 0.1) is 5.41 Å². The number of imide groups is 1. The first-order chi connectivity index (χ1) is 29.7. The van der Waals surface area contributed by atoms with Gasteiger partial charge in [0.25, 0.3) is 5.91 Å². The number of nitrogens with zero attached hydrogens (tertiary/aromatic N) is 1. The number of ether oxygens (including phenoxy) is 7. The average molecular weight is 902 g/mol. The Kier molecular flexibility index (Phi) is 22.5. The number of amides is 2. The number of hydrogen-bond acceptors (Lipinski definition) is 11. The van der Waals surface area contributed by atoms with Crippen LogP contribution < -0.4 is 4.74 Å². The van der Waals surface area contributed by atoms with E-state index in [2.05, 4.69) is 62.0 Å². The smallest absolute Gasteiger partial charge is 0.417 e. The Morgan fingerprint density at radius 1 is 0.806 bits per heavy atom. The van der Waals surface area contributed by atoms with E-state index in [9.17, 15) is 9.59 Å². The highest BCUT2D eigenvalue weighted by atomic mass is 28.4. The predicted octanol–water partition coefficient (Wildman–Crippen LogP) is 9.96. The van der Waals surface area contributed by atoms with E-state index in [4.69, 9.17) is 42.0 Å². The van der Waals surface area contributed by atoms with Gasteiger partial charge in [-0.25, -0.2) is 9.69 Å². The van der Waals surface area contributed by atoms with Crippen molar-refractivity contribution >= 4 is 28.6 Å². The Bertz CT molecular complexity index is 1590. The van der Waals surface area contributed by atoms with Crippen LogP contribution in [0.3, 0.4) is 0 Å². The topological polar surface area (TPSA) is 120 Å². The molecule has 2 amide bonds. The summed E-state index contributed by atoms with van der Waals surface area (Å²) in [5.41, 5.74) is 1.45. The Morgan fingerprint density at radius 2 is 1.37 bits per heavy atom. The fourth-order valence-electron chi connectivity index (χ4n) is 8.53. The van der Waals surface area contributed by atoms with E-state index >= 15 is 0 Å². The fraction of sp³-hybridized carbons (Fsp3) is 0.667. The number of benzene rings is 2. The van der Waals surface area contributed by atoms with E-state index in [0.717, 1.165) is 53.1 Å². The van der Waals surface area contributed by atoms with Crippen LogP contribution in [0.25, 0.3) is 0 Å². The molecule has 0 unspecified atom stereocenters. The maximum atomic E-state index is 14.7. The molecule has 2 aromatic carbocycles. The second-order valence-corrected chi connectivity index (χ2v) is 26.5. The lowest BCUT2D eigenvalue weighted by Crippen LogP contribution is -2.56. The molecule has 1 saturated heterocycles. The minimum atomic E-state index is -2.29. The molecule has 3 rings (SSSR count). The molecule has 2 aromatic rings. The molecule has 0 bridgehead atoms. The predicted molar refractivity (Wildman–Crippen MR) is 249 cm³/mol. The van der Waals surface area contributed by atoms with E-state index in [0.29, 0.717) is 19.4 Å². The maximum Gasteiger partial charge on any atom is 0.417 e. The quantitative estimate of drug-likeness (QED) is 0.0409. The van der Waals surface area contributed by atoms with Crippen molar-refractivity contribution in [1.82, 2.24) is 4.90 Å². The molecule has 14 heteroatoms. The summed E-state index contributed by atoms with van der Waals surface area (Å²) < 4.78 is 57.1. The van der Waals surface area contributed by atoms with E-state index < -0.39 is 76.7 Å². The van der Waals surface area contributed by atoms with E-state index in [1.54, 1.807) is 21.3 Å². The third kappa shape index (κ3) is 14.3. The zero-order chi connectivity index (χ0) is 45.9. The second kappa shape index (κ2) is 26.1. The summed E-state index contributed by atoms with van der Waals surface area (Å²) in [4.78, 5) is 29.2. The zero-order valence-electron chi connectivity index (χ0n) is 39.9. The standard InChI is InChI=1S/C48H79NO11Si2/c1-14-48(8,9)45(56-33-37-26-28-39(53-11)29-27-37)43(60-62(18-5,19-6)20-7)41(54-12)31-40(59-61(15-2,16-3)17-4)32-42(55-13)44(58-35-52-10)46(50)49-38(34-57-47(49)51)30-36-24-22-21-23-25-36/h14,21-29,38,40-45H,1,15-20,30-35H2,2-13H3/t38-,40+,41+,42+,43+,44-,45+/m0/s1. The van der Waals surface area contributed by atoms with Gasteiger partial charge < -0.3 is 42.0 Å². The summed E-state index contributed by atoms with van der Waals surface area (Å²) in [5.74, 6) is 0.229.